The first-order chi connectivity index (χ1) is 6.74. The van der Waals surface area contributed by atoms with Crippen LogP contribution in [-0.2, 0) is 0 Å². The number of anilines is 1. The van der Waals surface area contributed by atoms with Gasteiger partial charge in [-0.1, -0.05) is 24.7 Å². The van der Waals surface area contributed by atoms with Crippen LogP contribution in [0.1, 0.15) is 30.7 Å². The van der Waals surface area contributed by atoms with E-state index in [1.807, 2.05) is 0 Å². The second-order valence-electron chi connectivity index (χ2n) is 3.17. The molecule has 4 nitrogen and oxygen atoms in total. The molecule has 0 aliphatic heterocycles. The molecule has 0 saturated carbocycles. The van der Waals surface area contributed by atoms with Gasteiger partial charge in [0.15, 0.2) is 5.13 Å². The summed E-state index contributed by atoms with van der Waals surface area (Å²) >= 11 is 1.34. The molecule has 0 radical (unpaired) electrons. The molecule has 0 aliphatic carbocycles. The van der Waals surface area contributed by atoms with Gasteiger partial charge in [0, 0.05) is 12.7 Å². The van der Waals surface area contributed by atoms with Crippen molar-refractivity contribution in [3.8, 4) is 0 Å². The maximum absolute atomic E-state index is 9.69. The second-order valence-corrected chi connectivity index (χ2v) is 4.27. The highest BCUT2D eigenvalue weighted by atomic mass is 35.5. The van der Waals surface area contributed by atoms with Gasteiger partial charge in [0.1, 0.15) is 6.10 Å². The largest absolute Gasteiger partial charge is 0.386 e. The molecule has 0 saturated heterocycles. The molecule has 4 N–H and O–H groups in total. The van der Waals surface area contributed by atoms with Crippen LogP contribution >= 0.6 is 36.2 Å². The number of thiazole rings is 1. The first kappa shape index (κ1) is 18.3. The number of hydrogen-bond donors (Lipinski definition) is 3. The van der Waals surface area contributed by atoms with Crippen LogP contribution in [0.25, 0.3) is 0 Å². The van der Waals surface area contributed by atoms with Gasteiger partial charge in [0.25, 0.3) is 0 Å². The van der Waals surface area contributed by atoms with Crippen molar-refractivity contribution in [2.75, 3.05) is 18.8 Å². The van der Waals surface area contributed by atoms with Crippen LogP contribution in [-0.4, -0.2) is 23.2 Å². The molecule has 0 aromatic carbocycles. The van der Waals surface area contributed by atoms with E-state index in [0.29, 0.717) is 11.7 Å². The van der Waals surface area contributed by atoms with Crippen LogP contribution in [0.3, 0.4) is 0 Å². The minimum atomic E-state index is -0.485. The molecule has 1 heterocycles. The van der Waals surface area contributed by atoms with Gasteiger partial charge in [0.2, 0.25) is 0 Å². The van der Waals surface area contributed by atoms with E-state index < -0.39 is 6.10 Å². The normalized spacial score (nSPS) is 11.4. The highest BCUT2D eigenvalue weighted by Gasteiger charge is 2.09. The van der Waals surface area contributed by atoms with Crippen molar-refractivity contribution in [3.05, 3.63) is 11.1 Å². The molecule has 1 rings (SSSR count). The Kier molecular flexibility index (Phi) is 11.6. The Morgan fingerprint density at radius 1 is 1.56 bits per heavy atom. The zero-order valence-electron chi connectivity index (χ0n) is 9.18. The van der Waals surface area contributed by atoms with Crippen molar-refractivity contribution >= 4 is 41.3 Å². The summed E-state index contributed by atoms with van der Waals surface area (Å²) in [6, 6.07) is 0. The molecule has 1 aromatic heterocycles. The number of nitrogens with one attached hydrogen (secondary N) is 1. The molecule has 0 spiro atoms. The number of unbranched alkanes of at least 4 members (excludes halogenated alkanes) is 1. The van der Waals surface area contributed by atoms with Gasteiger partial charge in [0.05, 0.1) is 4.88 Å². The smallest absolute Gasteiger partial charge is 0.180 e. The van der Waals surface area contributed by atoms with E-state index in [-0.39, 0.29) is 24.8 Å². The zero-order valence-corrected chi connectivity index (χ0v) is 11.6. The summed E-state index contributed by atoms with van der Waals surface area (Å²) in [5.41, 5.74) is 5.47. The molecule has 16 heavy (non-hydrogen) atoms. The predicted molar refractivity (Wildman–Crippen MR) is 73.8 cm³/mol. The number of nitrogens with two attached hydrogens (primary N) is 1. The first-order valence-corrected chi connectivity index (χ1v) is 5.65. The molecular weight excluding hydrogens is 269 g/mol. The third-order valence-corrected chi connectivity index (χ3v) is 2.84. The Labute approximate surface area is 112 Å². The van der Waals surface area contributed by atoms with E-state index in [0.717, 1.165) is 24.3 Å². The first-order valence-electron chi connectivity index (χ1n) is 4.84. The average molecular weight is 288 g/mol. The molecule has 1 unspecified atom stereocenters. The van der Waals surface area contributed by atoms with Crippen molar-refractivity contribution in [1.82, 2.24) is 10.3 Å². The number of hydrogen-bond acceptors (Lipinski definition) is 5. The third kappa shape index (κ3) is 6.50. The van der Waals surface area contributed by atoms with Crippen LogP contribution < -0.4 is 11.1 Å². The van der Waals surface area contributed by atoms with Gasteiger partial charge in [-0.3, -0.25) is 0 Å². The standard InChI is InChI=1S/C9H17N3OS.2ClH/c1-2-3-4-11-5-7(13)8-6-12-9(10)14-8;;/h6-7,11,13H,2-5H2,1H3,(H2,10,12);2*1H. The van der Waals surface area contributed by atoms with Gasteiger partial charge < -0.3 is 16.2 Å². The quantitative estimate of drug-likeness (QED) is 0.700. The topological polar surface area (TPSA) is 71.2 Å². The molecule has 7 heteroatoms. The number of nitrogen functional groups attached to an aromatic ring is 1. The Balaban J connectivity index is 0. The highest BCUT2D eigenvalue weighted by molar-refractivity contribution is 7.15. The predicted octanol–water partition coefficient (Wildman–Crippen LogP) is 1.99. The number of halogens is 2. The fraction of sp³-hybridized carbons (Fsp3) is 0.667. The van der Waals surface area contributed by atoms with Crippen LogP contribution in [0.15, 0.2) is 6.20 Å². The Bertz CT molecular complexity index is 273. The zero-order chi connectivity index (χ0) is 10.4. The number of aliphatic hydroxyl groups excluding tert-OH is 1. The second kappa shape index (κ2) is 10.1. The molecule has 1 aromatic rings. The highest BCUT2D eigenvalue weighted by Crippen LogP contribution is 2.21. The lowest BCUT2D eigenvalue weighted by molar-refractivity contribution is 0.178. The third-order valence-electron chi connectivity index (χ3n) is 1.91. The SMILES string of the molecule is CCCCNCC(O)c1cnc(N)s1.Cl.Cl. The Morgan fingerprint density at radius 2 is 2.25 bits per heavy atom. The number of nitrogens with zero attached hydrogens (tertiary/aromatic N) is 1. The molecule has 96 valence electrons. The minimum absolute atomic E-state index is 0. The molecule has 0 fully saturated rings. The number of aromatic nitrogens is 1. The molecular formula is C9H19Cl2N3OS. The van der Waals surface area contributed by atoms with E-state index in [1.165, 1.54) is 11.3 Å². The van der Waals surface area contributed by atoms with Crippen molar-refractivity contribution in [1.29, 1.82) is 0 Å². The molecule has 1 atom stereocenters. The average Bonchev–Trinajstić information content (AvgIpc) is 2.59. The van der Waals surface area contributed by atoms with E-state index in [9.17, 15) is 5.11 Å². The van der Waals surface area contributed by atoms with Crippen LogP contribution in [0, 0.1) is 0 Å². The fourth-order valence-electron chi connectivity index (χ4n) is 1.10. The summed E-state index contributed by atoms with van der Waals surface area (Å²) in [5, 5.41) is 13.4. The van der Waals surface area contributed by atoms with Crippen LogP contribution in [0.4, 0.5) is 5.13 Å². The monoisotopic (exact) mass is 287 g/mol. The van der Waals surface area contributed by atoms with Gasteiger partial charge in [-0.2, -0.15) is 0 Å². The lowest BCUT2D eigenvalue weighted by Crippen LogP contribution is -2.21. The summed E-state index contributed by atoms with van der Waals surface area (Å²) in [6.07, 6.45) is 3.45. The van der Waals surface area contributed by atoms with E-state index in [4.69, 9.17) is 5.73 Å². The lowest BCUT2D eigenvalue weighted by atomic mass is 10.3. The summed E-state index contributed by atoms with van der Waals surface area (Å²) in [7, 11) is 0. The number of rotatable bonds is 6. The van der Waals surface area contributed by atoms with Crippen molar-refractivity contribution in [2.24, 2.45) is 0 Å². The van der Waals surface area contributed by atoms with Crippen molar-refractivity contribution in [2.45, 2.75) is 25.9 Å². The van der Waals surface area contributed by atoms with Gasteiger partial charge >= 0.3 is 0 Å². The fourth-order valence-corrected chi connectivity index (χ4v) is 1.77. The molecule has 0 aliphatic rings. The maximum Gasteiger partial charge on any atom is 0.180 e. The van der Waals surface area contributed by atoms with Crippen LogP contribution in [0.5, 0.6) is 0 Å². The summed E-state index contributed by atoms with van der Waals surface area (Å²) < 4.78 is 0. The Morgan fingerprint density at radius 3 is 2.75 bits per heavy atom. The molecule has 0 bridgehead atoms. The number of aliphatic hydroxyl groups is 1. The van der Waals surface area contributed by atoms with E-state index in [1.54, 1.807) is 6.20 Å². The van der Waals surface area contributed by atoms with E-state index in [2.05, 4.69) is 17.2 Å². The van der Waals surface area contributed by atoms with Gasteiger partial charge in [-0.25, -0.2) is 4.98 Å². The van der Waals surface area contributed by atoms with Crippen LogP contribution in [0.2, 0.25) is 0 Å². The maximum atomic E-state index is 9.69. The van der Waals surface area contributed by atoms with Crippen molar-refractivity contribution in [3.63, 3.8) is 0 Å². The van der Waals surface area contributed by atoms with E-state index >= 15 is 0 Å². The van der Waals surface area contributed by atoms with Gasteiger partial charge in [-0.15, -0.1) is 24.8 Å². The minimum Gasteiger partial charge on any atom is -0.386 e. The summed E-state index contributed by atoms with van der Waals surface area (Å²) in [4.78, 5) is 4.72. The summed E-state index contributed by atoms with van der Waals surface area (Å²) in [6.45, 7) is 3.66. The lowest BCUT2D eigenvalue weighted by Gasteiger charge is -2.08. The molecule has 0 amide bonds. The Hall–Kier alpha value is -0.0700. The van der Waals surface area contributed by atoms with Gasteiger partial charge in [-0.05, 0) is 13.0 Å². The summed E-state index contributed by atoms with van der Waals surface area (Å²) in [5.74, 6) is 0. The van der Waals surface area contributed by atoms with Crippen molar-refractivity contribution < 1.29 is 5.11 Å².